The van der Waals surface area contributed by atoms with Crippen molar-refractivity contribution in [1.82, 2.24) is 4.90 Å². The molecule has 0 aromatic rings. The number of rotatable bonds is 12. The average molecular weight is 405 g/mol. The molecule has 0 aliphatic carbocycles. The SMILES string of the molecule is CCCCCCCCC(=O)N1CCC[C@H]1C(=O)O.CSCCC(N)C(=O)O. The highest BCUT2D eigenvalue weighted by Crippen LogP contribution is 2.19. The van der Waals surface area contributed by atoms with Gasteiger partial charge in [0.25, 0.3) is 0 Å². The number of nitrogens with two attached hydrogens (primary N) is 1. The second-order valence-corrected chi connectivity index (χ2v) is 7.81. The molecule has 8 heteroatoms. The van der Waals surface area contributed by atoms with Gasteiger partial charge in [0, 0.05) is 13.0 Å². The van der Waals surface area contributed by atoms with Crippen LogP contribution < -0.4 is 5.73 Å². The Morgan fingerprint density at radius 2 is 1.78 bits per heavy atom. The lowest BCUT2D eigenvalue weighted by Crippen LogP contribution is -2.40. The predicted octanol–water partition coefficient (Wildman–Crippen LogP) is 2.96. The fourth-order valence-electron chi connectivity index (χ4n) is 2.89. The first-order chi connectivity index (χ1) is 12.8. The summed E-state index contributed by atoms with van der Waals surface area (Å²) < 4.78 is 0. The number of likely N-dealkylation sites (tertiary alicyclic amines) is 1. The van der Waals surface area contributed by atoms with E-state index in [1.807, 2.05) is 6.26 Å². The minimum atomic E-state index is -0.913. The molecule has 0 aromatic carbocycles. The van der Waals surface area contributed by atoms with Gasteiger partial charge in [-0.25, -0.2) is 4.79 Å². The maximum atomic E-state index is 11.9. The summed E-state index contributed by atoms with van der Waals surface area (Å²) in [6.07, 6.45) is 11.3. The first-order valence-corrected chi connectivity index (χ1v) is 11.2. The summed E-state index contributed by atoms with van der Waals surface area (Å²) in [5.41, 5.74) is 5.19. The Labute approximate surface area is 167 Å². The lowest BCUT2D eigenvalue weighted by Gasteiger charge is -2.21. The van der Waals surface area contributed by atoms with Crippen molar-refractivity contribution in [3.8, 4) is 0 Å². The van der Waals surface area contributed by atoms with Gasteiger partial charge in [0.2, 0.25) is 5.91 Å². The molecule has 7 nitrogen and oxygen atoms in total. The number of carboxylic acid groups (broad SMARTS) is 2. The van der Waals surface area contributed by atoms with Gasteiger partial charge in [0.1, 0.15) is 12.1 Å². The molecule has 0 aromatic heterocycles. The standard InChI is InChI=1S/C14H25NO3.C5H11NO2S/c1-2-3-4-5-6-7-10-13(16)15-11-8-9-12(15)14(17)18;1-9-3-2-4(6)5(7)8/h12H,2-11H2,1H3,(H,17,18);4H,2-3,6H2,1H3,(H,7,8)/t12-;/m0./s1. The van der Waals surface area contributed by atoms with E-state index in [2.05, 4.69) is 6.92 Å². The molecule has 0 radical (unpaired) electrons. The molecule has 1 unspecified atom stereocenters. The molecule has 1 rings (SSSR count). The number of hydrogen-bond acceptors (Lipinski definition) is 5. The number of unbranched alkanes of at least 4 members (excludes halogenated alkanes) is 5. The van der Waals surface area contributed by atoms with Crippen LogP contribution in [-0.2, 0) is 14.4 Å². The van der Waals surface area contributed by atoms with Crippen molar-refractivity contribution in [3.63, 3.8) is 0 Å². The molecule has 4 N–H and O–H groups in total. The third-order valence-corrected chi connectivity index (χ3v) is 5.20. The first kappa shape index (κ1) is 25.7. The third kappa shape index (κ3) is 11.9. The van der Waals surface area contributed by atoms with E-state index in [-0.39, 0.29) is 5.91 Å². The molecule has 1 saturated heterocycles. The Kier molecular flexibility index (Phi) is 15.0. The second kappa shape index (κ2) is 15.7. The zero-order valence-electron chi connectivity index (χ0n) is 16.7. The van der Waals surface area contributed by atoms with Crippen molar-refractivity contribution in [2.45, 2.75) is 83.2 Å². The summed E-state index contributed by atoms with van der Waals surface area (Å²) in [4.78, 5) is 34.5. The number of aliphatic carboxylic acids is 2. The van der Waals surface area contributed by atoms with E-state index in [0.29, 0.717) is 25.8 Å². The topological polar surface area (TPSA) is 121 Å². The van der Waals surface area contributed by atoms with Crippen LogP contribution in [0, 0.1) is 0 Å². The van der Waals surface area contributed by atoms with E-state index < -0.39 is 24.0 Å². The lowest BCUT2D eigenvalue weighted by molar-refractivity contribution is -0.148. The summed E-state index contributed by atoms with van der Waals surface area (Å²) in [6, 6.07) is -1.25. The number of thioether (sulfide) groups is 1. The molecule has 1 amide bonds. The Hall–Kier alpha value is -1.28. The van der Waals surface area contributed by atoms with Crippen molar-refractivity contribution < 1.29 is 24.6 Å². The molecular weight excluding hydrogens is 368 g/mol. The predicted molar refractivity (Wildman–Crippen MR) is 109 cm³/mol. The minimum absolute atomic E-state index is 0.0235. The molecular formula is C19H36N2O5S. The second-order valence-electron chi connectivity index (χ2n) is 6.83. The van der Waals surface area contributed by atoms with E-state index in [1.54, 1.807) is 16.7 Å². The van der Waals surface area contributed by atoms with Gasteiger partial charge in [-0.05, 0) is 37.7 Å². The van der Waals surface area contributed by atoms with Gasteiger partial charge >= 0.3 is 11.9 Å². The molecule has 158 valence electrons. The summed E-state index contributed by atoms with van der Waals surface area (Å²) in [6.45, 7) is 2.80. The zero-order valence-corrected chi connectivity index (χ0v) is 17.5. The maximum Gasteiger partial charge on any atom is 0.326 e. The average Bonchev–Trinajstić information content (AvgIpc) is 3.13. The summed E-state index contributed by atoms with van der Waals surface area (Å²) >= 11 is 1.60. The molecule has 1 heterocycles. The van der Waals surface area contributed by atoms with Crippen LogP contribution in [0.25, 0.3) is 0 Å². The number of nitrogens with zero attached hydrogens (tertiary/aromatic N) is 1. The van der Waals surface area contributed by atoms with Crippen LogP contribution in [0.1, 0.15) is 71.1 Å². The van der Waals surface area contributed by atoms with Gasteiger partial charge in [-0.15, -0.1) is 0 Å². The molecule has 0 spiro atoms. The number of hydrogen-bond donors (Lipinski definition) is 3. The Balaban J connectivity index is 0.000000636. The van der Waals surface area contributed by atoms with Crippen LogP contribution in [0.15, 0.2) is 0 Å². The van der Waals surface area contributed by atoms with Crippen LogP contribution in [0.3, 0.4) is 0 Å². The molecule has 2 atom stereocenters. The van der Waals surface area contributed by atoms with E-state index in [9.17, 15) is 14.4 Å². The van der Waals surface area contributed by atoms with Crippen LogP contribution in [-0.4, -0.2) is 63.6 Å². The fourth-order valence-corrected chi connectivity index (χ4v) is 3.38. The van der Waals surface area contributed by atoms with Crippen LogP contribution >= 0.6 is 11.8 Å². The summed E-state index contributed by atoms with van der Waals surface area (Å²) in [7, 11) is 0. The lowest BCUT2D eigenvalue weighted by atomic mass is 10.1. The smallest absolute Gasteiger partial charge is 0.326 e. The summed E-state index contributed by atoms with van der Waals surface area (Å²) in [5, 5.41) is 17.3. The Morgan fingerprint density at radius 3 is 2.33 bits per heavy atom. The van der Waals surface area contributed by atoms with Gasteiger partial charge in [-0.3, -0.25) is 9.59 Å². The van der Waals surface area contributed by atoms with Gasteiger partial charge < -0.3 is 20.8 Å². The largest absolute Gasteiger partial charge is 0.480 e. The summed E-state index contributed by atoms with van der Waals surface area (Å²) in [5.74, 6) is -0.934. The Morgan fingerprint density at radius 1 is 1.15 bits per heavy atom. The highest BCUT2D eigenvalue weighted by molar-refractivity contribution is 7.98. The maximum absolute atomic E-state index is 11.9. The van der Waals surface area contributed by atoms with Crippen LogP contribution in [0.4, 0.5) is 0 Å². The highest BCUT2D eigenvalue weighted by atomic mass is 32.2. The highest BCUT2D eigenvalue weighted by Gasteiger charge is 2.33. The van der Waals surface area contributed by atoms with Gasteiger partial charge in [-0.1, -0.05) is 39.0 Å². The van der Waals surface area contributed by atoms with Crippen LogP contribution in [0.5, 0.6) is 0 Å². The first-order valence-electron chi connectivity index (χ1n) is 9.84. The minimum Gasteiger partial charge on any atom is -0.480 e. The molecule has 0 bridgehead atoms. The van der Waals surface area contributed by atoms with Crippen molar-refractivity contribution >= 4 is 29.6 Å². The van der Waals surface area contributed by atoms with E-state index in [4.69, 9.17) is 15.9 Å². The van der Waals surface area contributed by atoms with Gasteiger partial charge in [0.05, 0.1) is 0 Å². The number of carbonyl (C=O) groups is 3. The van der Waals surface area contributed by atoms with Crippen molar-refractivity contribution in [2.24, 2.45) is 5.73 Å². The van der Waals surface area contributed by atoms with E-state index in [0.717, 1.165) is 25.0 Å². The third-order valence-electron chi connectivity index (χ3n) is 4.55. The monoisotopic (exact) mass is 404 g/mol. The molecule has 1 fully saturated rings. The molecule has 1 aliphatic heterocycles. The van der Waals surface area contributed by atoms with Crippen molar-refractivity contribution in [3.05, 3.63) is 0 Å². The molecule has 27 heavy (non-hydrogen) atoms. The fraction of sp³-hybridized carbons (Fsp3) is 0.842. The molecule has 1 aliphatic rings. The van der Waals surface area contributed by atoms with Gasteiger partial charge in [0.15, 0.2) is 0 Å². The number of amides is 1. The van der Waals surface area contributed by atoms with Crippen molar-refractivity contribution in [2.75, 3.05) is 18.6 Å². The van der Waals surface area contributed by atoms with Crippen molar-refractivity contribution in [1.29, 1.82) is 0 Å². The Bertz CT molecular complexity index is 448. The van der Waals surface area contributed by atoms with E-state index in [1.165, 1.54) is 25.7 Å². The van der Waals surface area contributed by atoms with E-state index >= 15 is 0 Å². The normalized spacial score (nSPS) is 17.1. The van der Waals surface area contributed by atoms with Crippen LogP contribution in [0.2, 0.25) is 0 Å². The zero-order chi connectivity index (χ0) is 20.7. The van der Waals surface area contributed by atoms with Gasteiger partial charge in [-0.2, -0.15) is 11.8 Å². The molecule has 0 saturated carbocycles. The number of carbonyl (C=O) groups excluding carboxylic acids is 1. The number of carboxylic acids is 2. The quantitative estimate of drug-likeness (QED) is 0.428.